The third kappa shape index (κ3) is 13.7. The molecule has 1 atom stereocenters. The molecule has 16 heteroatoms. The van der Waals surface area contributed by atoms with E-state index >= 15 is 0 Å². The van der Waals surface area contributed by atoms with E-state index in [1.165, 1.54) is 60.0 Å². The van der Waals surface area contributed by atoms with Crippen LogP contribution in [0.2, 0.25) is 0 Å². The zero-order chi connectivity index (χ0) is 44.3. The zero-order valence-corrected chi connectivity index (χ0v) is 35.0. The Kier molecular flexibility index (Phi) is 17.5. The van der Waals surface area contributed by atoms with Crippen molar-refractivity contribution in [2.45, 2.75) is 38.7 Å². The summed E-state index contributed by atoms with van der Waals surface area (Å²) in [6, 6.07) is 24.3. The molecule has 0 aliphatic heterocycles. The molecule has 0 N–H and O–H groups in total. The number of unbranched alkanes of at least 4 members (excludes halogenated alkanes) is 1. The fourth-order valence-corrected chi connectivity index (χ4v) is 6.35. The maximum Gasteiger partial charge on any atom is 0.343 e. The van der Waals surface area contributed by atoms with E-state index in [-0.39, 0.29) is 60.3 Å². The minimum absolute atomic E-state index is 0.0329. The van der Waals surface area contributed by atoms with Crippen molar-refractivity contribution in [2.75, 3.05) is 38.5 Å². The summed E-state index contributed by atoms with van der Waals surface area (Å²) in [7, 11) is 1.53. The monoisotopic (exact) mass is 863 g/mol. The first-order chi connectivity index (χ1) is 30.1. The number of rotatable bonds is 23. The van der Waals surface area contributed by atoms with Crippen molar-refractivity contribution < 1.29 is 57.1 Å². The van der Waals surface area contributed by atoms with Gasteiger partial charge < -0.3 is 33.2 Å². The van der Waals surface area contributed by atoms with Crippen molar-refractivity contribution in [1.29, 1.82) is 0 Å². The van der Waals surface area contributed by atoms with E-state index in [2.05, 4.69) is 23.2 Å². The van der Waals surface area contributed by atoms with Crippen molar-refractivity contribution in [3.8, 4) is 23.0 Å². The van der Waals surface area contributed by atoms with E-state index in [9.17, 15) is 24.0 Å². The van der Waals surface area contributed by atoms with Gasteiger partial charge in [0.15, 0.2) is 6.10 Å². The van der Waals surface area contributed by atoms with E-state index in [4.69, 9.17) is 33.2 Å². The number of ether oxygens (including phenoxy) is 7. The maximum absolute atomic E-state index is 13.5. The number of aromatic nitrogens is 1. The van der Waals surface area contributed by atoms with E-state index in [0.717, 1.165) is 16.9 Å². The number of hydrogen-bond donors (Lipinski definition) is 0. The van der Waals surface area contributed by atoms with Crippen LogP contribution in [-0.2, 0) is 28.6 Å². The number of esters is 4. The molecule has 1 aromatic heterocycles. The SMILES string of the molecule is C=CC(=O)OCCCCOCC(COc1ccc(C(=O)Oc2ccc(C(=O)Oc3ccc(OC)cc3)cc2/C=N/N(C(=O)CCC)c2nc3ccccc3s2)cc1)OC(=O)C=C. The highest BCUT2D eigenvalue weighted by atomic mass is 32.1. The molecule has 322 valence electrons. The predicted molar refractivity (Wildman–Crippen MR) is 232 cm³/mol. The van der Waals surface area contributed by atoms with Gasteiger partial charge in [0.05, 0.1) is 47.9 Å². The first kappa shape index (κ1) is 45.9. The van der Waals surface area contributed by atoms with Crippen LogP contribution >= 0.6 is 11.3 Å². The molecular weight excluding hydrogens is 819 g/mol. The Morgan fingerprint density at radius 1 is 0.790 bits per heavy atom. The van der Waals surface area contributed by atoms with Gasteiger partial charge in [-0.25, -0.2) is 24.2 Å². The van der Waals surface area contributed by atoms with Crippen LogP contribution in [0.4, 0.5) is 5.13 Å². The molecule has 0 aliphatic rings. The van der Waals surface area contributed by atoms with Gasteiger partial charge in [-0.05, 0) is 98.1 Å². The van der Waals surface area contributed by atoms with Crippen LogP contribution < -0.4 is 24.0 Å². The van der Waals surface area contributed by atoms with Gasteiger partial charge in [0.1, 0.15) is 29.6 Å². The molecule has 1 heterocycles. The second kappa shape index (κ2) is 23.6. The van der Waals surface area contributed by atoms with Crippen LogP contribution in [0.1, 0.15) is 58.9 Å². The molecule has 62 heavy (non-hydrogen) atoms. The lowest BCUT2D eigenvalue weighted by atomic mass is 10.1. The highest BCUT2D eigenvalue weighted by Gasteiger charge is 2.21. The molecule has 0 bridgehead atoms. The standard InChI is InChI=1S/C46H45N3O12S/c1-5-12-41(50)49(46-48-38-13-8-9-14-40(38)62-46)47-28-33-27-32(45(54)60-36-22-20-34(55-4)21-23-36)17-24-39(33)61-44(53)31-15-18-35(19-16-31)58-30-37(59-43(52)7-3)29-56-25-10-11-26-57-42(51)6-2/h6-9,13-24,27-28,37H,2-3,5,10-12,25-26,29-30H2,1,4H3/b47-28+. The number of thiazole rings is 1. The molecule has 5 rings (SSSR count). The van der Waals surface area contributed by atoms with Crippen molar-refractivity contribution in [1.82, 2.24) is 4.98 Å². The summed E-state index contributed by atoms with van der Waals surface area (Å²) in [5.74, 6) is -1.62. The van der Waals surface area contributed by atoms with Gasteiger partial charge in [0.25, 0.3) is 0 Å². The summed E-state index contributed by atoms with van der Waals surface area (Å²) >= 11 is 1.29. The minimum atomic E-state index is -0.775. The maximum atomic E-state index is 13.5. The van der Waals surface area contributed by atoms with Crippen molar-refractivity contribution >= 4 is 62.7 Å². The molecule has 0 aliphatic carbocycles. The molecule has 0 spiro atoms. The number of carbonyl (C=O) groups is 5. The van der Waals surface area contributed by atoms with Gasteiger partial charge >= 0.3 is 23.9 Å². The Labute approximate surface area is 362 Å². The normalized spacial score (nSPS) is 11.3. The molecule has 0 fully saturated rings. The summed E-state index contributed by atoms with van der Waals surface area (Å²) in [4.78, 5) is 67.9. The summed E-state index contributed by atoms with van der Waals surface area (Å²) < 4.78 is 39.2. The van der Waals surface area contributed by atoms with E-state index in [1.807, 2.05) is 31.2 Å². The molecule has 1 unspecified atom stereocenters. The molecule has 5 aromatic rings. The molecule has 0 radical (unpaired) electrons. The Morgan fingerprint density at radius 3 is 2.18 bits per heavy atom. The van der Waals surface area contributed by atoms with E-state index < -0.39 is 30.0 Å². The number of methoxy groups -OCH3 is 1. The number of anilines is 1. The molecule has 4 aromatic carbocycles. The second-order valence-electron chi connectivity index (χ2n) is 13.1. The summed E-state index contributed by atoms with van der Waals surface area (Å²) in [6.07, 6.45) is 4.60. The fraction of sp³-hybridized carbons (Fsp3) is 0.239. The smallest absolute Gasteiger partial charge is 0.343 e. The van der Waals surface area contributed by atoms with Gasteiger partial charge in [-0.1, -0.05) is 43.6 Å². The Balaban J connectivity index is 1.31. The van der Waals surface area contributed by atoms with Crippen LogP contribution in [0.25, 0.3) is 10.2 Å². The predicted octanol–water partition coefficient (Wildman–Crippen LogP) is 7.91. The minimum Gasteiger partial charge on any atom is -0.497 e. The number of carbonyl (C=O) groups excluding carboxylic acids is 5. The van der Waals surface area contributed by atoms with Crippen molar-refractivity contribution in [2.24, 2.45) is 5.10 Å². The van der Waals surface area contributed by atoms with E-state index in [1.54, 1.807) is 36.4 Å². The molecule has 15 nitrogen and oxygen atoms in total. The van der Waals surface area contributed by atoms with Gasteiger partial charge in [0, 0.05) is 30.7 Å². The highest BCUT2D eigenvalue weighted by molar-refractivity contribution is 7.22. The molecule has 0 saturated heterocycles. The largest absolute Gasteiger partial charge is 0.497 e. The lowest BCUT2D eigenvalue weighted by Gasteiger charge is -2.18. The first-order valence-electron chi connectivity index (χ1n) is 19.5. The topological polar surface area (TPSA) is 178 Å². The van der Waals surface area contributed by atoms with Gasteiger partial charge in [-0.15, -0.1) is 0 Å². The number of amides is 1. The number of para-hydroxylation sites is 1. The molecule has 0 saturated carbocycles. The first-order valence-corrected chi connectivity index (χ1v) is 20.3. The lowest BCUT2D eigenvalue weighted by Crippen LogP contribution is -2.29. The molecular formula is C46H45N3O12S. The lowest BCUT2D eigenvalue weighted by molar-refractivity contribution is -0.148. The average Bonchev–Trinajstić information content (AvgIpc) is 3.72. The van der Waals surface area contributed by atoms with Crippen molar-refractivity contribution in [3.63, 3.8) is 0 Å². The Morgan fingerprint density at radius 2 is 1.47 bits per heavy atom. The third-order valence-electron chi connectivity index (χ3n) is 8.57. The van der Waals surface area contributed by atoms with Crippen LogP contribution in [0.5, 0.6) is 23.0 Å². The van der Waals surface area contributed by atoms with Gasteiger partial charge in [-0.3, -0.25) is 4.79 Å². The number of hydrogen-bond acceptors (Lipinski definition) is 15. The number of benzene rings is 4. The highest BCUT2D eigenvalue weighted by Crippen LogP contribution is 2.30. The van der Waals surface area contributed by atoms with Crippen LogP contribution in [0, 0.1) is 0 Å². The summed E-state index contributed by atoms with van der Waals surface area (Å²) in [5.41, 5.74) is 1.17. The number of fused-ring (bicyclic) bond motifs is 1. The van der Waals surface area contributed by atoms with E-state index in [0.29, 0.717) is 48.0 Å². The van der Waals surface area contributed by atoms with Crippen LogP contribution in [0.15, 0.2) is 121 Å². The number of nitrogens with zero attached hydrogens (tertiary/aromatic N) is 3. The Hall–Kier alpha value is -7.17. The summed E-state index contributed by atoms with van der Waals surface area (Å²) in [5, 5.41) is 6.04. The van der Waals surface area contributed by atoms with Gasteiger partial charge in [0.2, 0.25) is 11.0 Å². The van der Waals surface area contributed by atoms with Crippen LogP contribution in [0.3, 0.4) is 0 Å². The van der Waals surface area contributed by atoms with Gasteiger partial charge in [-0.2, -0.15) is 10.1 Å². The summed E-state index contributed by atoms with van der Waals surface area (Å²) in [6.45, 7) is 9.18. The molecule has 1 amide bonds. The zero-order valence-electron chi connectivity index (χ0n) is 34.2. The number of hydrazone groups is 1. The third-order valence-corrected chi connectivity index (χ3v) is 9.58. The quantitative estimate of drug-likeness (QED) is 0.0155. The van der Waals surface area contributed by atoms with Crippen molar-refractivity contribution in [3.05, 3.63) is 133 Å². The fourth-order valence-electron chi connectivity index (χ4n) is 5.41. The average molecular weight is 864 g/mol. The Bertz CT molecular complexity index is 2340. The second-order valence-corrected chi connectivity index (χ2v) is 14.1. The van der Waals surface area contributed by atoms with Crippen LogP contribution in [-0.4, -0.2) is 80.6 Å².